The maximum atomic E-state index is 12.5. The summed E-state index contributed by atoms with van der Waals surface area (Å²) in [5.74, 6) is -0.308. The maximum absolute atomic E-state index is 12.5. The number of halogens is 1. The number of rotatable bonds is 4. The van der Waals surface area contributed by atoms with Gasteiger partial charge in [0.05, 0.1) is 17.8 Å². The van der Waals surface area contributed by atoms with Crippen LogP contribution in [0.2, 0.25) is 5.02 Å². The molecule has 3 N–H and O–H groups in total. The first-order valence-corrected chi connectivity index (χ1v) is 9.08. The highest BCUT2D eigenvalue weighted by molar-refractivity contribution is 6.31. The summed E-state index contributed by atoms with van der Waals surface area (Å²) in [6.45, 7) is 0.219. The summed E-state index contributed by atoms with van der Waals surface area (Å²) >= 11 is 6.21. The molecular weight excluding hydrogens is 392 g/mol. The van der Waals surface area contributed by atoms with Crippen molar-refractivity contribution < 1.29 is 9.47 Å². The maximum Gasteiger partial charge on any atom is 0.258 e. The average Bonchev–Trinajstić information content (AvgIpc) is 2.73. The fourth-order valence-corrected chi connectivity index (χ4v) is 3.42. The molecular formula is C21H15ClN4O3. The number of nitriles is 1. The fraction of sp³-hybridized carbons (Fsp3) is 0.0952. The van der Waals surface area contributed by atoms with Crippen LogP contribution in [0.25, 0.3) is 0 Å². The predicted molar refractivity (Wildman–Crippen MR) is 106 cm³/mol. The average molecular weight is 407 g/mol. The van der Waals surface area contributed by atoms with Gasteiger partial charge in [0, 0.05) is 16.1 Å². The molecule has 1 aliphatic rings. The molecule has 0 aliphatic carbocycles. The first kappa shape index (κ1) is 18.6. The van der Waals surface area contributed by atoms with E-state index in [4.69, 9.17) is 26.8 Å². The van der Waals surface area contributed by atoms with Gasteiger partial charge in [0.2, 0.25) is 11.8 Å². The summed E-state index contributed by atoms with van der Waals surface area (Å²) in [5.41, 5.74) is 7.25. The van der Waals surface area contributed by atoms with E-state index in [9.17, 15) is 10.1 Å². The second-order valence-electron chi connectivity index (χ2n) is 6.29. The van der Waals surface area contributed by atoms with E-state index in [2.05, 4.69) is 16.0 Å². The Kier molecular flexibility index (Phi) is 4.94. The zero-order valence-electron chi connectivity index (χ0n) is 15.1. The van der Waals surface area contributed by atoms with Crippen molar-refractivity contribution in [2.24, 2.45) is 5.73 Å². The Bertz CT molecular complexity index is 1210. The molecule has 0 amide bonds. The number of hydrogen-bond acceptors (Lipinski definition) is 6. The summed E-state index contributed by atoms with van der Waals surface area (Å²) in [6, 6.07) is 16.5. The van der Waals surface area contributed by atoms with E-state index < -0.39 is 11.5 Å². The molecule has 0 saturated heterocycles. The van der Waals surface area contributed by atoms with Gasteiger partial charge in [-0.05, 0) is 12.1 Å². The largest absolute Gasteiger partial charge is 0.489 e. The number of nitrogens with two attached hydrogens (primary N) is 1. The topological polar surface area (TPSA) is 114 Å². The highest BCUT2D eigenvalue weighted by Gasteiger charge is 2.35. The highest BCUT2D eigenvalue weighted by Crippen LogP contribution is 2.42. The predicted octanol–water partition coefficient (Wildman–Crippen LogP) is 3.22. The monoisotopic (exact) mass is 406 g/mol. The Labute approximate surface area is 171 Å². The van der Waals surface area contributed by atoms with Gasteiger partial charge in [-0.2, -0.15) is 5.26 Å². The summed E-state index contributed by atoms with van der Waals surface area (Å²) in [6.07, 6.45) is 1.22. The van der Waals surface area contributed by atoms with Crippen molar-refractivity contribution in [2.45, 2.75) is 12.5 Å². The SMILES string of the molecule is N#CC1=C(N)Oc2nc[nH]c(=O)c2C1c1ccccc1OCc1ccccc1Cl. The van der Waals surface area contributed by atoms with Gasteiger partial charge in [0.15, 0.2) is 0 Å². The van der Waals surface area contributed by atoms with E-state index >= 15 is 0 Å². The molecule has 1 atom stereocenters. The molecule has 2 aromatic carbocycles. The van der Waals surface area contributed by atoms with Gasteiger partial charge in [-0.3, -0.25) is 4.79 Å². The van der Waals surface area contributed by atoms with Gasteiger partial charge in [0.1, 0.15) is 24.0 Å². The molecule has 144 valence electrons. The van der Waals surface area contributed by atoms with Crippen LogP contribution in [0.15, 0.2) is 71.1 Å². The van der Waals surface area contributed by atoms with Crippen LogP contribution in [0.4, 0.5) is 0 Å². The highest BCUT2D eigenvalue weighted by atomic mass is 35.5. The van der Waals surface area contributed by atoms with Crippen molar-refractivity contribution in [1.29, 1.82) is 5.26 Å². The van der Waals surface area contributed by atoms with E-state index in [1.807, 2.05) is 18.2 Å². The number of aromatic nitrogens is 2. The lowest BCUT2D eigenvalue weighted by Crippen LogP contribution is -2.28. The fourth-order valence-electron chi connectivity index (χ4n) is 3.23. The van der Waals surface area contributed by atoms with E-state index in [1.165, 1.54) is 6.33 Å². The number of nitrogens with zero attached hydrogens (tertiary/aromatic N) is 2. The molecule has 0 fully saturated rings. The summed E-state index contributed by atoms with van der Waals surface area (Å²) in [5, 5.41) is 10.3. The second-order valence-corrected chi connectivity index (χ2v) is 6.70. The Morgan fingerprint density at radius 2 is 2.00 bits per heavy atom. The zero-order valence-corrected chi connectivity index (χ0v) is 15.8. The van der Waals surface area contributed by atoms with E-state index in [-0.39, 0.29) is 29.5 Å². The van der Waals surface area contributed by atoms with Crippen molar-refractivity contribution in [1.82, 2.24) is 9.97 Å². The molecule has 8 heteroatoms. The minimum absolute atomic E-state index is 0.0659. The number of benzene rings is 2. The Morgan fingerprint density at radius 3 is 2.79 bits per heavy atom. The van der Waals surface area contributed by atoms with Crippen LogP contribution in [-0.2, 0) is 6.61 Å². The first-order valence-electron chi connectivity index (χ1n) is 8.70. The third kappa shape index (κ3) is 3.42. The quantitative estimate of drug-likeness (QED) is 0.687. The van der Waals surface area contributed by atoms with E-state index in [0.717, 1.165) is 5.56 Å². The van der Waals surface area contributed by atoms with Crippen LogP contribution in [0.5, 0.6) is 11.6 Å². The normalized spacial score (nSPS) is 15.2. The Balaban J connectivity index is 1.80. The molecule has 1 aliphatic heterocycles. The van der Waals surface area contributed by atoms with Crippen molar-refractivity contribution in [3.63, 3.8) is 0 Å². The Hall–Kier alpha value is -3.76. The number of para-hydroxylation sites is 1. The lowest BCUT2D eigenvalue weighted by Gasteiger charge is -2.25. The molecule has 4 rings (SSSR count). The number of H-pyrrole nitrogens is 1. The number of hydrogen-bond donors (Lipinski definition) is 2. The Morgan fingerprint density at radius 1 is 1.24 bits per heavy atom. The van der Waals surface area contributed by atoms with Crippen molar-refractivity contribution >= 4 is 11.6 Å². The van der Waals surface area contributed by atoms with Crippen LogP contribution in [0, 0.1) is 11.3 Å². The van der Waals surface area contributed by atoms with Gasteiger partial charge in [-0.1, -0.05) is 48.0 Å². The van der Waals surface area contributed by atoms with Crippen molar-refractivity contribution in [3.8, 4) is 17.7 Å². The number of ether oxygens (including phenoxy) is 2. The van der Waals surface area contributed by atoms with Gasteiger partial charge < -0.3 is 20.2 Å². The molecule has 0 radical (unpaired) electrons. The van der Waals surface area contributed by atoms with Gasteiger partial charge in [0.25, 0.3) is 5.56 Å². The summed E-state index contributed by atoms with van der Waals surface area (Å²) in [7, 11) is 0. The summed E-state index contributed by atoms with van der Waals surface area (Å²) < 4.78 is 11.4. The smallest absolute Gasteiger partial charge is 0.258 e. The van der Waals surface area contributed by atoms with Crippen LogP contribution in [0.1, 0.15) is 22.6 Å². The number of aromatic amines is 1. The molecule has 1 unspecified atom stereocenters. The van der Waals surface area contributed by atoms with E-state index in [0.29, 0.717) is 16.3 Å². The van der Waals surface area contributed by atoms with Crippen molar-refractivity contribution in [2.75, 3.05) is 0 Å². The minimum atomic E-state index is -0.774. The third-order valence-corrected chi connectivity index (χ3v) is 4.96. The van der Waals surface area contributed by atoms with Crippen LogP contribution >= 0.6 is 11.6 Å². The van der Waals surface area contributed by atoms with Gasteiger partial charge >= 0.3 is 0 Å². The molecule has 0 bridgehead atoms. The van der Waals surface area contributed by atoms with Crippen LogP contribution in [-0.4, -0.2) is 9.97 Å². The zero-order chi connectivity index (χ0) is 20.4. The van der Waals surface area contributed by atoms with E-state index in [1.54, 1.807) is 30.3 Å². The second kappa shape index (κ2) is 7.70. The van der Waals surface area contributed by atoms with Gasteiger partial charge in [-0.25, -0.2) is 4.98 Å². The van der Waals surface area contributed by atoms with Gasteiger partial charge in [-0.15, -0.1) is 0 Å². The number of nitrogens with one attached hydrogen (secondary N) is 1. The minimum Gasteiger partial charge on any atom is -0.489 e. The molecule has 0 spiro atoms. The molecule has 3 aromatic rings. The molecule has 0 saturated carbocycles. The molecule has 1 aromatic heterocycles. The van der Waals surface area contributed by atoms with Crippen molar-refractivity contribution in [3.05, 3.63) is 98.4 Å². The lowest BCUT2D eigenvalue weighted by atomic mass is 9.84. The summed E-state index contributed by atoms with van der Waals surface area (Å²) in [4.78, 5) is 19.1. The first-order chi connectivity index (χ1) is 14.1. The lowest BCUT2D eigenvalue weighted by molar-refractivity contribution is 0.301. The van der Waals surface area contributed by atoms with Crippen LogP contribution in [0.3, 0.4) is 0 Å². The molecule has 29 heavy (non-hydrogen) atoms. The van der Waals surface area contributed by atoms with Crippen LogP contribution < -0.4 is 20.8 Å². The third-order valence-electron chi connectivity index (χ3n) is 4.59. The molecule has 2 heterocycles. The standard InChI is InChI=1S/C21H15ClN4O3/c22-15-7-3-1-5-12(15)10-28-16-8-4-2-6-13(16)17-14(9-23)19(24)29-21-18(17)20(27)25-11-26-21/h1-8,11,17H,10,24H2,(H,25,26,27). The molecule has 7 nitrogen and oxygen atoms in total. The number of allylic oxidation sites excluding steroid dienone is 1. The number of fused-ring (bicyclic) bond motifs is 1.